The first-order valence-corrected chi connectivity index (χ1v) is 5.13. The van der Waals surface area contributed by atoms with Crippen LogP contribution in [0.15, 0.2) is 18.2 Å². The number of para-hydroxylation sites is 1. The summed E-state index contributed by atoms with van der Waals surface area (Å²) >= 11 is 0. The second-order valence-corrected chi connectivity index (χ2v) is 3.56. The number of rotatable bonds is 4. The van der Waals surface area contributed by atoms with Gasteiger partial charge in [0.1, 0.15) is 12.3 Å². The van der Waals surface area contributed by atoms with Gasteiger partial charge in [-0.15, -0.1) is 0 Å². The zero-order valence-electron chi connectivity index (χ0n) is 9.12. The van der Waals surface area contributed by atoms with E-state index in [1.807, 2.05) is 26.0 Å². The van der Waals surface area contributed by atoms with Crippen molar-refractivity contribution in [1.29, 1.82) is 5.26 Å². The van der Waals surface area contributed by atoms with Gasteiger partial charge in [0.05, 0.1) is 11.3 Å². The number of aliphatic hydroxyl groups excluding tert-OH is 1. The molecule has 0 aliphatic carbocycles. The largest absolute Gasteiger partial charge is 0.374 e. The number of aliphatic hydroxyl groups is 1. The molecule has 0 aromatic heterocycles. The fourth-order valence-corrected chi connectivity index (χ4v) is 1.46. The van der Waals surface area contributed by atoms with Crippen molar-refractivity contribution >= 4 is 5.69 Å². The second kappa shape index (κ2) is 5.38. The van der Waals surface area contributed by atoms with Crippen LogP contribution < -0.4 is 5.32 Å². The Morgan fingerprint density at radius 3 is 2.87 bits per heavy atom. The number of nitrogens with one attached hydrogen (secondary N) is 1. The summed E-state index contributed by atoms with van der Waals surface area (Å²) in [5, 5.41) is 21.5. The van der Waals surface area contributed by atoms with Gasteiger partial charge in [-0.25, -0.2) is 0 Å². The highest BCUT2D eigenvalue weighted by molar-refractivity contribution is 5.62. The lowest BCUT2D eigenvalue weighted by Gasteiger charge is -2.16. The summed E-state index contributed by atoms with van der Waals surface area (Å²) in [4.78, 5) is 0. The summed E-state index contributed by atoms with van der Waals surface area (Å²) < 4.78 is 0. The molecule has 0 aliphatic heterocycles. The molecule has 1 unspecified atom stereocenters. The van der Waals surface area contributed by atoms with E-state index in [0.29, 0.717) is 12.0 Å². The van der Waals surface area contributed by atoms with Crippen molar-refractivity contribution in [2.75, 3.05) is 5.32 Å². The maximum Gasteiger partial charge on any atom is 0.124 e. The molecule has 80 valence electrons. The summed E-state index contributed by atoms with van der Waals surface area (Å²) in [7, 11) is 0. The molecule has 0 fully saturated rings. The molecule has 1 rings (SSSR count). The quantitative estimate of drug-likeness (QED) is 0.740. The number of nitrogens with zero attached hydrogens (tertiary/aromatic N) is 1. The molecule has 0 bridgehead atoms. The van der Waals surface area contributed by atoms with Crippen LogP contribution in [0.5, 0.6) is 0 Å². The van der Waals surface area contributed by atoms with E-state index < -0.39 is 6.23 Å². The van der Waals surface area contributed by atoms with Crippen molar-refractivity contribution in [3.05, 3.63) is 29.3 Å². The monoisotopic (exact) mass is 204 g/mol. The van der Waals surface area contributed by atoms with Crippen LogP contribution in [0.3, 0.4) is 0 Å². The van der Waals surface area contributed by atoms with Gasteiger partial charge in [-0.3, -0.25) is 0 Å². The smallest absolute Gasteiger partial charge is 0.124 e. The zero-order valence-corrected chi connectivity index (χ0v) is 9.12. The van der Waals surface area contributed by atoms with Crippen molar-refractivity contribution in [3.63, 3.8) is 0 Å². The number of benzene rings is 1. The summed E-state index contributed by atoms with van der Waals surface area (Å²) in [6.45, 7) is 3.93. The molecule has 0 amide bonds. The summed E-state index contributed by atoms with van der Waals surface area (Å²) in [6, 6.07) is 7.61. The minimum absolute atomic E-state index is 0.574. The molecule has 1 atom stereocenters. The van der Waals surface area contributed by atoms with E-state index in [-0.39, 0.29) is 0 Å². The Morgan fingerprint density at radius 2 is 2.27 bits per heavy atom. The molecule has 3 nitrogen and oxygen atoms in total. The van der Waals surface area contributed by atoms with Crippen molar-refractivity contribution in [2.24, 2.45) is 0 Å². The molecule has 2 N–H and O–H groups in total. The average Bonchev–Trinajstić information content (AvgIpc) is 2.21. The molecule has 0 saturated carbocycles. The van der Waals surface area contributed by atoms with Crippen LogP contribution in [0, 0.1) is 18.3 Å². The fourth-order valence-electron chi connectivity index (χ4n) is 1.46. The van der Waals surface area contributed by atoms with Crippen molar-refractivity contribution in [3.8, 4) is 6.07 Å². The third kappa shape index (κ3) is 2.97. The minimum Gasteiger partial charge on any atom is -0.374 e. The number of hydrogen-bond donors (Lipinski definition) is 2. The van der Waals surface area contributed by atoms with E-state index in [1.165, 1.54) is 0 Å². The van der Waals surface area contributed by atoms with Crippen LogP contribution in [0.2, 0.25) is 0 Å². The maximum absolute atomic E-state index is 9.63. The van der Waals surface area contributed by atoms with E-state index in [4.69, 9.17) is 5.26 Å². The first-order chi connectivity index (χ1) is 7.19. The number of anilines is 1. The highest BCUT2D eigenvalue weighted by Gasteiger charge is 2.08. The number of hydrogen-bond acceptors (Lipinski definition) is 3. The molecular formula is C12H16N2O. The highest BCUT2D eigenvalue weighted by Crippen LogP contribution is 2.20. The molecule has 0 aliphatic rings. The SMILES string of the molecule is CCCC(O)Nc1c(C)cccc1C#N. The van der Waals surface area contributed by atoms with E-state index in [9.17, 15) is 5.11 Å². The van der Waals surface area contributed by atoms with Crippen molar-refractivity contribution < 1.29 is 5.11 Å². The third-order valence-electron chi connectivity index (χ3n) is 2.27. The Morgan fingerprint density at radius 1 is 1.53 bits per heavy atom. The van der Waals surface area contributed by atoms with Crippen LogP contribution >= 0.6 is 0 Å². The molecule has 0 radical (unpaired) electrons. The third-order valence-corrected chi connectivity index (χ3v) is 2.27. The first-order valence-electron chi connectivity index (χ1n) is 5.13. The van der Waals surface area contributed by atoms with Gasteiger partial charge in [0.2, 0.25) is 0 Å². The Bertz CT molecular complexity index is 368. The average molecular weight is 204 g/mol. The van der Waals surface area contributed by atoms with Gasteiger partial charge in [-0.2, -0.15) is 5.26 Å². The molecular weight excluding hydrogens is 188 g/mol. The molecule has 1 aromatic rings. The van der Waals surface area contributed by atoms with Gasteiger partial charge >= 0.3 is 0 Å². The molecule has 15 heavy (non-hydrogen) atoms. The van der Waals surface area contributed by atoms with E-state index >= 15 is 0 Å². The number of aryl methyl sites for hydroxylation is 1. The highest BCUT2D eigenvalue weighted by atomic mass is 16.3. The molecule has 0 spiro atoms. The summed E-state index contributed by atoms with van der Waals surface area (Å²) in [6.07, 6.45) is 1.00. The zero-order chi connectivity index (χ0) is 11.3. The van der Waals surface area contributed by atoms with E-state index in [1.54, 1.807) is 6.07 Å². The van der Waals surface area contributed by atoms with Crippen molar-refractivity contribution in [2.45, 2.75) is 32.9 Å². The first kappa shape index (κ1) is 11.5. The van der Waals surface area contributed by atoms with E-state index in [0.717, 1.165) is 17.7 Å². The summed E-state index contributed by atoms with van der Waals surface area (Å²) in [5.41, 5.74) is 2.29. The molecule has 1 aromatic carbocycles. The second-order valence-electron chi connectivity index (χ2n) is 3.56. The summed E-state index contributed by atoms with van der Waals surface area (Å²) in [5.74, 6) is 0. The van der Waals surface area contributed by atoms with Crippen molar-refractivity contribution in [1.82, 2.24) is 0 Å². The lowest BCUT2D eigenvalue weighted by atomic mass is 10.1. The van der Waals surface area contributed by atoms with Crippen LogP contribution in [0.1, 0.15) is 30.9 Å². The predicted octanol–water partition coefficient (Wildman–Crippen LogP) is 2.40. The van der Waals surface area contributed by atoms with Crippen LogP contribution in [-0.4, -0.2) is 11.3 Å². The lowest BCUT2D eigenvalue weighted by molar-refractivity contribution is 0.192. The van der Waals surface area contributed by atoms with Crippen LogP contribution in [0.25, 0.3) is 0 Å². The molecule has 0 saturated heterocycles. The Hall–Kier alpha value is -1.53. The predicted molar refractivity (Wildman–Crippen MR) is 60.4 cm³/mol. The Labute approximate surface area is 90.4 Å². The molecule has 0 heterocycles. The van der Waals surface area contributed by atoms with Gasteiger partial charge < -0.3 is 10.4 Å². The van der Waals surface area contributed by atoms with Gasteiger partial charge in [-0.05, 0) is 25.0 Å². The fraction of sp³-hybridized carbons (Fsp3) is 0.417. The maximum atomic E-state index is 9.63. The van der Waals surface area contributed by atoms with Gasteiger partial charge in [0, 0.05) is 0 Å². The van der Waals surface area contributed by atoms with Gasteiger partial charge in [0.15, 0.2) is 0 Å². The lowest BCUT2D eigenvalue weighted by Crippen LogP contribution is -2.19. The van der Waals surface area contributed by atoms with E-state index in [2.05, 4.69) is 11.4 Å². The standard InChI is InChI=1S/C12H16N2O/c1-3-5-11(15)14-12-9(2)6-4-7-10(12)8-13/h4,6-7,11,14-15H,3,5H2,1-2H3. The van der Waals surface area contributed by atoms with Gasteiger partial charge in [-0.1, -0.05) is 25.5 Å². The van der Waals surface area contributed by atoms with Crippen LogP contribution in [-0.2, 0) is 0 Å². The number of nitriles is 1. The van der Waals surface area contributed by atoms with Crippen LogP contribution in [0.4, 0.5) is 5.69 Å². The Balaban J connectivity index is 2.88. The normalized spacial score (nSPS) is 11.9. The molecule has 3 heteroatoms. The topological polar surface area (TPSA) is 56.0 Å². The minimum atomic E-state index is -0.580. The Kier molecular flexibility index (Phi) is 4.14. The van der Waals surface area contributed by atoms with Gasteiger partial charge in [0.25, 0.3) is 0 Å².